The van der Waals surface area contributed by atoms with Crippen molar-refractivity contribution in [1.82, 2.24) is 19.6 Å². The Morgan fingerprint density at radius 2 is 2.00 bits per heavy atom. The second-order valence-corrected chi connectivity index (χ2v) is 11.0. The van der Waals surface area contributed by atoms with Crippen molar-refractivity contribution in [3.8, 4) is 0 Å². The first-order chi connectivity index (χ1) is 19.0. The number of aryl methyl sites for hydroxylation is 1. The molecule has 0 amide bonds. The van der Waals surface area contributed by atoms with Gasteiger partial charge in [0, 0.05) is 29.6 Å². The summed E-state index contributed by atoms with van der Waals surface area (Å²) < 4.78 is 13.6. The summed E-state index contributed by atoms with van der Waals surface area (Å²) in [5.74, 6) is -3.37. The van der Waals surface area contributed by atoms with Crippen LogP contribution >= 0.6 is 0 Å². The quantitative estimate of drug-likeness (QED) is 0.352. The highest BCUT2D eigenvalue weighted by atomic mass is 16.5. The molecule has 0 spiro atoms. The normalized spacial score (nSPS) is 25.1. The Bertz CT molecular complexity index is 1570. The minimum atomic E-state index is -2.75. The van der Waals surface area contributed by atoms with Crippen LogP contribution in [0.4, 0.5) is 0 Å². The Balaban J connectivity index is 1.40. The van der Waals surface area contributed by atoms with Gasteiger partial charge < -0.3 is 29.1 Å². The van der Waals surface area contributed by atoms with Crippen LogP contribution in [0.2, 0.25) is 0 Å². The van der Waals surface area contributed by atoms with Crippen molar-refractivity contribution in [2.45, 2.75) is 63.7 Å². The van der Waals surface area contributed by atoms with Gasteiger partial charge in [-0.1, -0.05) is 30.3 Å². The first-order valence-corrected chi connectivity index (χ1v) is 13.3. The van der Waals surface area contributed by atoms with E-state index in [0.717, 1.165) is 29.9 Å². The van der Waals surface area contributed by atoms with Gasteiger partial charge in [0.25, 0.3) is 5.89 Å². The third kappa shape index (κ3) is 4.01. The van der Waals surface area contributed by atoms with Gasteiger partial charge in [0.05, 0.1) is 24.4 Å². The molecule has 3 aliphatic rings. The Hall–Kier alpha value is -4.03. The SMILES string of the molecule is CC[C@@]12C=C(c3nc(C)no3)n3c4c(c5ccccc53)CCN(CC(OC(=O)CC(O)(CC(=O)O)C(=O)O)C1)[C@H]42. The van der Waals surface area contributed by atoms with Crippen molar-refractivity contribution < 1.29 is 39.0 Å². The van der Waals surface area contributed by atoms with Crippen molar-refractivity contribution in [1.29, 1.82) is 0 Å². The number of carboxylic acids is 2. The Labute approximate surface area is 228 Å². The highest BCUT2D eigenvalue weighted by Gasteiger charge is 2.54. The highest BCUT2D eigenvalue weighted by Crippen LogP contribution is 2.58. The number of carbonyl (C=O) groups excluding carboxylic acids is 1. The van der Waals surface area contributed by atoms with Crippen LogP contribution in [0.25, 0.3) is 16.6 Å². The summed E-state index contributed by atoms with van der Waals surface area (Å²) in [6.07, 6.45) is 1.39. The summed E-state index contributed by atoms with van der Waals surface area (Å²) in [6, 6.07) is 8.25. The molecule has 0 bridgehead atoms. The number of fused-ring (bicyclic) bond motifs is 3. The van der Waals surface area contributed by atoms with E-state index in [4.69, 9.17) is 14.4 Å². The molecule has 0 saturated carbocycles. The third-order valence-electron chi connectivity index (χ3n) is 8.53. The highest BCUT2D eigenvalue weighted by molar-refractivity contribution is 5.91. The van der Waals surface area contributed by atoms with Crippen LogP contribution in [-0.2, 0) is 25.5 Å². The van der Waals surface area contributed by atoms with E-state index in [0.29, 0.717) is 31.1 Å². The van der Waals surface area contributed by atoms with E-state index in [1.165, 1.54) is 10.9 Å². The number of piperidine rings is 1. The zero-order valence-corrected chi connectivity index (χ0v) is 22.2. The molecule has 40 heavy (non-hydrogen) atoms. The smallest absolute Gasteiger partial charge is 0.336 e. The van der Waals surface area contributed by atoms with E-state index < -0.39 is 47.9 Å². The van der Waals surface area contributed by atoms with E-state index in [1.807, 2.05) is 12.1 Å². The summed E-state index contributed by atoms with van der Waals surface area (Å²) in [6.45, 7) is 5.01. The minimum absolute atomic E-state index is 0.000618. The maximum Gasteiger partial charge on any atom is 0.336 e. The molecule has 3 aromatic rings. The predicted molar refractivity (Wildman–Crippen MR) is 139 cm³/mol. The number of carbonyl (C=O) groups is 3. The fourth-order valence-electron chi connectivity index (χ4n) is 6.87. The van der Waals surface area contributed by atoms with Crippen molar-refractivity contribution in [3.63, 3.8) is 0 Å². The van der Waals surface area contributed by atoms with Gasteiger partial charge in [0.15, 0.2) is 11.4 Å². The van der Waals surface area contributed by atoms with Gasteiger partial charge in [-0.05, 0) is 43.9 Å². The second kappa shape index (κ2) is 9.27. The lowest BCUT2D eigenvalue weighted by molar-refractivity contribution is -0.176. The van der Waals surface area contributed by atoms with Gasteiger partial charge in [0.2, 0.25) is 0 Å². The van der Waals surface area contributed by atoms with Crippen LogP contribution in [0.1, 0.15) is 61.6 Å². The molecule has 1 aromatic carbocycles. The number of ether oxygens (including phenoxy) is 1. The monoisotopic (exact) mass is 550 g/mol. The number of hydrogen-bond donors (Lipinski definition) is 3. The molecule has 0 radical (unpaired) electrons. The van der Waals surface area contributed by atoms with Crippen LogP contribution in [0.5, 0.6) is 0 Å². The zero-order chi connectivity index (χ0) is 28.4. The number of aromatic nitrogens is 3. The predicted octanol–water partition coefficient (Wildman–Crippen LogP) is 2.53. The van der Waals surface area contributed by atoms with Crippen molar-refractivity contribution in [2.24, 2.45) is 5.41 Å². The Kier molecular flexibility index (Phi) is 6.07. The second-order valence-electron chi connectivity index (χ2n) is 11.0. The number of rotatable bonds is 8. The van der Waals surface area contributed by atoms with Crippen molar-refractivity contribution in [2.75, 3.05) is 13.1 Å². The number of aliphatic carboxylic acids is 2. The topological polar surface area (TPSA) is 168 Å². The summed E-state index contributed by atoms with van der Waals surface area (Å²) in [5, 5.41) is 34.0. The lowest BCUT2D eigenvalue weighted by Crippen LogP contribution is -2.56. The van der Waals surface area contributed by atoms with Crippen LogP contribution < -0.4 is 0 Å². The summed E-state index contributed by atoms with van der Waals surface area (Å²) in [4.78, 5) is 42.4. The Morgan fingerprint density at radius 1 is 1.23 bits per heavy atom. The number of hydrogen-bond acceptors (Lipinski definition) is 9. The molecule has 5 heterocycles. The fraction of sp³-hybridized carbons (Fsp3) is 0.464. The molecule has 3 N–H and O–H groups in total. The molecule has 12 heteroatoms. The molecule has 210 valence electrons. The van der Waals surface area contributed by atoms with Gasteiger partial charge in [-0.3, -0.25) is 14.5 Å². The van der Waals surface area contributed by atoms with E-state index in [-0.39, 0.29) is 6.04 Å². The van der Waals surface area contributed by atoms with Crippen LogP contribution in [0.15, 0.2) is 34.9 Å². The van der Waals surface area contributed by atoms with Gasteiger partial charge in [-0.2, -0.15) is 4.98 Å². The standard InChI is InChI=1S/C28H30N4O8/c1-3-27-10-16(39-22(35)13-28(38,26(36)37)12-21(33)34)14-31-9-8-18-17-6-4-5-7-19(17)32(23(18)24(27)31)20(11-27)25-29-15(2)30-40-25/h4-7,11,16,24,38H,3,8-10,12-14H2,1-2H3,(H,33,34)(H,36,37)/t16?,24-,27+,28?/m1/s1. The van der Waals surface area contributed by atoms with Crippen LogP contribution in [0.3, 0.4) is 0 Å². The first kappa shape index (κ1) is 26.2. The molecular weight excluding hydrogens is 520 g/mol. The summed E-state index contributed by atoms with van der Waals surface area (Å²) in [5.41, 5.74) is 1.02. The van der Waals surface area contributed by atoms with Crippen LogP contribution in [-0.4, -0.2) is 77.6 Å². The maximum atomic E-state index is 12.9. The largest absolute Gasteiger partial charge is 0.481 e. The average Bonchev–Trinajstić information content (AvgIpc) is 3.48. The van der Waals surface area contributed by atoms with E-state index in [2.05, 4.69) is 44.7 Å². The maximum absolute atomic E-state index is 12.9. The van der Waals surface area contributed by atoms with Gasteiger partial charge in [-0.25, -0.2) is 4.79 Å². The molecule has 1 fully saturated rings. The van der Waals surface area contributed by atoms with Gasteiger partial charge in [-0.15, -0.1) is 0 Å². The first-order valence-electron chi connectivity index (χ1n) is 13.3. The number of para-hydroxylation sites is 1. The lowest BCUT2D eigenvalue weighted by Gasteiger charge is -2.55. The molecule has 3 aliphatic heterocycles. The van der Waals surface area contributed by atoms with E-state index >= 15 is 0 Å². The molecule has 6 rings (SSSR count). The molecule has 2 unspecified atom stereocenters. The van der Waals surface area contributed by atoms with Gasteiger partial charge >= 0.3 is 17.9 Å². The zero-order valence-electron chi connectivity index (χ0n) is 22.2. The molecule has 4 atom stereocenters. The van der Waals surface area contributed by atoms with E-state index in [9.17, 15) is 24.6 Å². The fourth-order valence-corrected chi connectivity index (χ4v) is 6.87. The molecule has 12 nitrogen and oxygen atoms in total. The van der Waals surface area contributed by atoms with Crippen LogP contribution in [0, 0.1) is 12.3 Å². The Morgan fingerprint density at radius 3 is 2.67 bits per heavy atom. The van der Waals surface area contributed by atoms with Crippen molar-refractivity contribution >= 4 is 34.5 Å². The number of aliphatic hydroxyl groups is 1. The summed E-state index contributed by atoms with van der Waals surface area (Å²) in [7, 11) is 0. The third-order valence-corrected chi connectivity index (χ3v) is 8.53. The lowest BCUT2D eigenvalue weighted by atomic mass is 9.65. The number of benzene rings is 1. The molecule has 0 aliphatic carbocycles. The minimum Gasteiger partial charge on any atom is -0.481 e. The molecule has 2 aromatic heterocycles. The molecular formula is C28H30N4O8. The number of nitrogens with zero attached hydrogens (tertiary/aromatic N) is 4. The van der Waals surface area contributed by atoms with Crippen molar-refractivity contribution in [3.05, 3.63) is 53.3 Å². The number of esters is 1. The van der Waals surface area contributed by atoms with Gasteiger partial charge in [0.1, 0.15) is 11.8 Å². The average molecular weight is 551 g/mol. The molecule has 1 saturated heterocycles. The van der Waals surface area contributed by atoms with E-state index in [1.54, 1.807) is 6.92 Å². The summed E-state index contributed by atoms with van der Waals surface area (Å²) >= 11 is 0. The number of carboxylic acid groups (broad SMARTS) is 2.